The zero-order valence-electron chi connectivity index (χ0n) is 12.3. The highest BCUT2D eigenvalue weighted by molar-refractivity contribution is 9.11. The van der Waals surface area contributed by atoms with Gasteiger partial charge in [-0.25, -0.2) is 0 Å². The van der Waals surface area contributed by atoms with Crippen molar-refractivity contribution in [2.24, 2.45) is 0 Å². The third-order valence-corrected chi connectivity index (χ3v) is 5.04. The number of ether oxygens (including phenoxy) is 1. The van der Waals surface area contributed by atoms with Gasteiger partial charge in [-0.05, 0) is 54.2 Å². The predicted molar refractivity (Wildman–Crippen MR) is 91.7 cm³/mol. The molecule has 0 amide bonds. The summed E-state index contributed by atoms with van der Waals surface area (Å²) in [7, 11) is 0. The van der Waals surface area contributed by atoms with Crippen LogP contribution in [0, 0.1) is 0 Å². The van der Waals surface area contributed by atoms with E-state index in [0.717, 1.165) is 32.9 Å². The average Bonchev–Trinajstić information content (AvgIpc) is 2.45. The van der Waals surface area contributed by atoms with E-state index in [1.807, 2.05) is 31.2 Å². The fourth-order valence-corrected chi connectivity index (χ4v) is 3.71. The Morgan fingerprint density at radius 2 is 1.65 bits per heavy atom. The largest absolute Gasteiger partial charge is 0.573 e. The monoisotopic (exact) mass is 450 g/mol. The topological polar surface area (TPSA) is 9.23 Å². The Kier molecular flexibility index (Phi) is 6.14. The molecule has 1 nitrogen and oxygen atoms in total. The van der Waals surface area contributed by atoms with E-state index in [4.69, 9.17) is 0 Å². The quantitative estimate of drug-likeness (QED) is 0.483. The molecule has 0 saturated heterocycles. The van der Waals surface area contributed by atoms with Crippen molar-refractivity contribution in [1.29, 1.82) is 0 Å². The highest BCUT2D eigenvalue weighted by atomic mass is 79.9. The lowest BCUT2D eigenvalue weighted by atomic mass is 9.94. The van der Waals surface area contributed by atoms with Crippen molar-refractivity contribution in [2.75, 3.05) is 0 Å². The van der Waals surface area contributed by atoms with Crippen LogP contribution in [-0.4, -0.2) is 6.36 Å². The van der Waals surface area contributed by atoms with Crippen LogP contribution in [-0.2, 0) is 6.42 Å². The van der Waals surface area contributed by atoms with Crippen LogP contribution in [0.5, 0.6) is 5.75 Å². The van der Waals surface area contributed by atoms with Gasteiger partial charge in [0.1, 0.15) is 5.75 Å². The summed E-state index contributed by atoms with van der Waals surface area (Å²) >= 11 is 7.05. The van der Waals surface area contributed by atoms with Crippen molar-refractivity contribution in [2.45, 2.75) is 32.0 Å². The molecule has 23 heavy (non-hydrogen) atoms. The van der Waals surface area contributed by atoms with E-state index in [1.54, 1.807) is 6.07 Å². The summed E-state index contributed by atoms with van der Waals surface area (Å²) in [5, 5.41) is 0. The third kappa shape index (κ3) is 5.53. The average molecular weight is 452 g/mol. The molecule has 0 fully saturated rings. The Morgan fingerprint density at radius 1 is 1.04 bits per heavy atom. The van der Waals surface area contributed by atoms with E-state index < -0.39 is 6.36 Å². The van der Waals surface area contributed by atoms with Crippen molar-refractivity contribution in [3.8, 4) is 5.75 Å². The molecule has 1 unspecified atom stereocenters. The molecule has 0 N–H and O–H groups in total. The molecule has 0 radical (unpaired) electrons. The maximum Gasteiger partial charge on any atom is 0.573 e. The normalized spacial score (nSPS) is 13.0. The first-order valence-electron chi connectivity index (χ1n) is 7.05. The van der Waals surface area contributed by atoms with Crippen molar-refractivity contribution in [3.05, 3.63) is 62.5 Å². The Labute approximate surface area is 150 Å². The van der Waals surface area contributed by atoms with Gasteiger partial charge in [0.05, 0.1) is 0 Å². The zero-order chi connectivity index (χ0) is 17.0. The number of hydrogen-bond donors (Lipinski definition) is 0. The van der Waals surface area contributed by atoms with Gasteiger partial charge in [-0.2, -0.15) is 0 Å². The molecule has 2 aromatic carbocycles. The molecule has 0 heterocycles. The molecule has 0 aliphatic heterocycles. The van der Waals surface area contributed by atoms with Gasteiger partial charge >= 0.3 is 6.36 Å². The van der Waals surface area contributed by atoms with Crippen molar-refractivity contribution in [1.82, 2.24) is 0 Å². The second kappa shape index (κ2) is 7.71. The fraction of sp³-hybridized carbons (Fsp3) is 0.294. The number of benzene rings is 2. The molecule has 0 aliphatic rings. The molecule has 0 bridgehead atoms. The minimum absolute atomic E-state index is 0.116. The maximum absolute atomic E-state index is 12.3. The van der Waals surface area contributed by atoms with Gasteiger partial charge in [-0.3, -0.25) is 0 Å². The van der Waals surface area contributed by atoms with E-state index in [2.05, 4.69) is 36.6 Å². The molecular weight excluding hydrogens is 437 g/mol. The van der Waals surface area contributed by atoms with Gasteiger partial charge in [-0.15, -0.1) is 13.2 Å². The first-order valence-corrected chi connectivity index (χ1v) is 8.63. The highest BCUT2D eigenvalue weighted by Crippen LogP contribution is 2.31. The molecule has 2 aromatic rings. The molecule has 0 aromatic heterocycles. The Balaban J connectivity index is 2.06. The first kappa shape index (κ1) is 18.3. The minimum Gasteiger partial charge on any atom is -0.406 e. The van der Waals surface area contributed by atoms with Crippen molar-refractivity contribution in [3.63, 3.8) is 0 Å². The van der Waals surface area contributed by atoms with Gasteiger partial charge < -0.3 is 4.74 Å². The SMILES string of the molecule is CC(CCc1c(Br)cccc1Br)c1cccc(OC(F)(F)F)c1. The predicted octanol–water partition coefficient (Wildman–Crippen LogP) is 6.85. The van der Waals surface area contributed by atoms with Crippen LogP contribution >= 0.6 is 31.9 Å². The maximum atomic E-state index is 12.3. The van der Waals surface area contributed by atoms with Crippen molar-refractivity contribution < 1.29 is 17.9 Å². The number of halogens is 5. The Morgan fingerprint density at radius 3 is 2.26 bits per heavy atom. The van der Waals surface area contributed by atoms with Crippen LogP contribution in [0.1, 0.15) is 30.4 Å². The van der Waals surface area contributed by atoms with E-state index in [1.165, 1.54) is 12.1 Å². The number of rotatable bonds is 5. The van der Waals surface area contributed by atoms with E-state index in [0.29, 0.717) is 0 Å². The zero-order valence-corrected chi connectivity index (χ0v) is 15.5. The summed E-state index contributed by atoms with van der Waals surface area (Å²) in [6.45, 7) is 2.00. The number of alkyl halides is 3. The van der Waals surface area contributed by atoms with Gasteiger partial charge in [0.25, 0.3) is 0 Å². The van der Waals surface area contributed by atoms with Crippen LogP contribution in [0.2, 0.25) is 0 Å². The van der Waals surface area contributed by atoms with Gasteiger partial charge in [0.15, 0.2) is 0 Å². The standard InChI is InChI=1S/C17H15Br2F3O/c1-11(8-9-14-15(18)6-3-7-16(14)19)12-4-2-5-13(10-12)23-17(20,21)22/h2-7,10-11H,8-9H2,1H3. The lowest BCUT2D eigenvalue weighted by molar-refractivity contribution is -0.274. The van der Waals surface area contributed by atoms with Crippen LogP contribution in [0.4, 0.5) is 13.2 Å². The lowest BCUT2D eigenvalue weighted by Crippen LogP contribution is -2.17. The van der Waals surface area contributed by atoms with E-state index in [9.17, 15) is 13.2 Å². The van der Waals surface area contributed by atoms with Crippen LogP contribution in [0.15, 0.2) is 51.4 Å². The van der Waals surface area contributed by atoms with Crippen LogP contribution in [0.3, 0.4) is 0 Å². The molecule has 124 valence electrons. The summed E-state index contributed by atoms with van der Waals surface area (Å²) in [6, 6.07) is 12.1. The fourth-order valence-electron chi connectivity index (χ4n) is 2.32. The minimum atomic E-state index is -4.67. The second-order valence-corrected chi connectivity index (χ2v) is 6.97. The molecule has 0 saturated carbocycles. The van der Waals surface area contributed by atoms with Gasteiger partial charge in [0.2, 0.25) is 0 Å². The summed E-state index contributed by atoms with van der Waals surface area (Å²) in [5.74, 6) is -0.0605. The van der Waals surface area contributed by atoms with Gasteiger partial charge in [0, 0.05) is 8.95 Å². The molecule has 1 atom stereocenters. The van der Waals surface area contributed by atoms with Crippen LogP contribution < -0.4 is 4.74 Å². The summed E-state index contributed by atoms with van der Waals surface area (Å²) < 4.78 is 42.9. The summed E-state index contributed by atoms with van der Waals surface area (Å²) in [6.07, 6.45) is -3.04. The molecule has 2 rings (SSSR count). The lowest BCUT2D eigenvalue weighted by Gasteiger charge is -2.15. The number of hydrogen-bond acceptors (Lipinski definition) is 1. The van der Waals surface area contributed by atoms with Crippen molar-refractivity contribution >= 4 is 31.9 Å². The van der Waals surface area contributed by atoms with E-state index >= 15 is 0 Å². The highest BCUT2D eigenvalue weighted by Gasteiger charge is 2.31. The van der Waals surface area contributed by atoms with E-state index in [-0.39, 0.29) is 11.7 Å². The third-order valence-electron chi connectivity index (χ3n) is 3.55. The first-order chi connectivity index (χ1) is 10.8. The molecule has 0 aliphatic carbocycles. The molecule has 6 heteroatoms. The van der Waals surface area contributed by atoms with Crippen LogP contribution in [0.25, 0.3) is 0 Å². The smallest absolute Gasteiger partial charge is 0.406 e. The molecular formula is C17H15Br2F3O. The Hall–Kier alpha value is -1.01. The second-order valence-electron chi connectivity index (χ2n) is 5.26. The summed E-state index contributed by atoms with van der Waals surface area (Å²) in [5.41, 5.74) is 1.98. The molecule has 0 spiro atoms. The summed E-state index contributed by atoms with van der Waals surface area (Å²) in [4.78, 5) is 0. The Bertz CT molecular complexity index is 651. The van der Waals surface area contributed by atoms with Gasteiger partial charge in [-0.1, -0.05) is 57.0 Å².